The Morgan fingerprint density at radius 1 is 1.18 bits per heavy atom. The smallest absolute Gasteiger partial charge is 0.341 e. The van der Waals surface area contributed by atoms with E-state index in [0.29, 0.717) is 17.9 Å². The van der Waals surface area contributed by atoms with Gasteiger partial charge in [-0.3, -0.25) is 4.79 Å². The molecule has 22 heavy (non-hydrogen) atoms. The summed E-state index contributed by atoms with van der Waals surface area (Å²) < 4.78 is 6.78. The first kappa shape index (κ1) is 15.8. The van der Waals surface area contributed by atoms with E-state index < -0.39 is 5.97 Å². The van der Waals surface area contributed by atoms with Crippen LogP contribution in [0.3, 0.4) is 0 Å². The second-order valence-electron chi connectivity index (χ2n) is 5.18. The van der Waals surface area contributed by atoms with Crippen LogP contribution < -0.4 is 5.32 Å². The Balaban J connectivity index is 2.56. The highest BCUT2D eigenvalue weighted by Crippen LogP contribution is 2.28. The van der Waals surface area contributed by atoms with Gasteiger partial charge in [0.2, 0.25) is 5.91 Å². The topological polar surface area (TPSA) is 60.3 Å². The Morgan fingerprint density at radius 3 is 2.36 bits per heavy atom. The lowest BCUT2D eigenvalue weighted by molar-refractivity contribution is -0.114. The Kier molecular flexibility index (Phi) is 4.65. The summed E-state index contributed by atoms with van der Waals surface area (Å²) in [5.74, 6) is -0.189. The number of esters is 1. The average molecular weight is 300 g/mol. The van der Waals surface area contributed by atoms with Crippen LogP contribution in [0.15, 0.2) is 30.3 Å². The van der Waals surface area contributed by atoms with E-state index in [1.807, 2.05) is 48.7 Å². The van der Waals surface area contributed by atoms with E-state index in [2.05, 4.69) is 5.32 Å². The number of hydrogen-bond acceptors (Lipinski definition) is 3. The first-order valence-electron chi connectivity index (χ1n) is 7.05. The fourth-order valence-corrected chi connectivity index (χ4v) is 2.48. The second kappa shape index (κ2) is 6.47. The Labute approximate surface area is 129 Å². The molecule has 2 aromatic rings. The maximum Gasteiger partial charge on any atom is 0.341 e. The third-order valence-electron chi connectivity index (χ3n) is 3.70. The molecule has 0 atom stereocenters. The standard InChI is InChI=1S/C17H20N2O3/c1-11-12(2)19(10-14-8-6-5-7-9-14)16(18-13(3)20)15(11)17(21)22-4/h5-9H,10H2,1-4H3,(H,18,20). The van der Waals surface area contributed by atoms with Crippen molar-refractivity contribution in [3.05, 3.63) is 52.7 Å². The zero-order chi connectivity index (χ0) is 16.3. The van der Waals surface area contributed by atoms with Crippen molar-refractivity contribution in [1.82, 2.24) is 4.57 Å². The predicted octanol–water partition coefficient (Wildman–Crippen LogP) is 2.90. The summed E-state index contributed by atoms with van der Waals surface area (Å²) >= 11 is 0. The van der Waals surface area contributed by atoms with Crippen LogP contribution in [-0.2, 0) is 16.1 Å². The van der Waals surface area contributed by atoms with Crippen LogP contribution in [-0.4, -0.2) is 23.6 Å². The summed E-state index contributed by atoms with van der Waals surface area (Å²) in [6, 6.07) is 9.88. The molecule has 116 valence electrons. The van der Waals surface area contributed by atoms with Crippen molar-refractivity contribution in [3.8, 4) is 0 Å². The number of carbonyl (C=O) groups is 2. The molecule has 0 bridgehead atoms. The lowest BCUT2D eigenvalue weighted by Crippen LogP contribution is -2.16. The summed E-state index contributed by atoms with van der Waals surface area (Å²) in [6.07, 6.45) is 0. The van der Waals surface area contributed by atoms with Crippen molar-refractivity contribution >= 4 is 17.7 Å². The number of amides is 1. The predicted molar refractivity (Wildman–Crippen MR) is 85.1 cm³/mol. The average Bonchev–Trinajstić information content (AvgIpc) is 2.72. The SMILES string of the molecule is COC(=O)c1c(C)c(C)n(Cc2ccccc2)c1NC(C)=O. The second-order valence-corrected chi connectivity index (χ2v) is 5.18. The summed E-state index contributed by atoms with van der Waals surface area (Å²) in [5.41, 5.74) is 3.23. The van der Waals surface area contributed by atoms with Gasteiger partial charge in [-0.1, -0.05) is 30.3 Å². The largest absolute Gasteiger partial charge is 0.465 e. The number of nitrogens with one attached hydrogen (secondary N) is 1. The van der Waals surface area contributed by atoms with Crippen molar-refractivity contribution in [1.29, 1.82) is 0 Å². The van der Waals surface area contributed by atoms with Crippen molar-refractivity contribution in [2.24, 2.45) is 0 Å². The van der Waals surface area contributed by atoms with Crippen molar-refractivity contribution in [3.63, 3.8) is 0 Å². The molecule has 5 nitrogen and oxygen atoms in total. The molecule has 0 unspecified atom stereocenters. The van der Waals surface area contributed by atoms with Gasteiger partial charge >= 0.3 is 5.97 Å². The number of nitrogens with zero attached hydrogens (tertiary/aromatic N) is 1. The van der Waals surface area contributed by atoms with Crippen molar-refractivity contribution in [2.75, 3.05) is 12.4 Å². The minimum Gasteiger partial charge on any atom is -0.465 e. The first-order chi connectivity index (χ1) is 10.5. The van der Waals surface area contributed by atoms with Crippen LogP contribution in [0.2, 0.25) is 0 Å². The molecule has 0 fully saturated rings. The maximum atomic E-state index is 12.1. The molecular formula is C17H20N2O3. The lowest BCUT2D eigenvalue weighted by Gasteiger charge is -2.13. The summed E-state index contributed by atoms with van der Waals surface area (Å²) in [4.78, 5) is 23.6. The van der Waals surface area contributed by atoms with E-state index >= 15 is 0 Å². The minimum absolute atomic E-state index is 0.225. The first-order valence-corrected chi connectivity index (χ1v) is 7.05. The van der Waals surface area contributed by atoms with Gasteiger partial charge in [0.05, 0.1) is 7.11 Å². The molecule has 1 aromatic heterocycles. The monoisotopic (exact) mass is 300 g/mol. The van der Waals surface area contributed by atoms with Gasteiger partial charge in [0.25, 0.3) is 0 Å². The third kappa shape index (κ3) is 3.03. The number of anilines is 1. The molecule has 0 saturated heterocycles. The summed E-state index contributed by atoms with van der Waals surface area (Å²) in [6.45, 7) is 5.77. The molecule has 5 heteroatoms. The van der Waals surface area contributed by atoms with Gasteiger partial charge in [0, 0.05) is 19.2 Å². The number of rotatable bonds is 4. The number of hydrogen-bond donors (Lipinski definition) is 1. The van der Waals surface area contributed by atoms with E-state index in [-0.39, 0.29) is 5.91 Å². The molecule has 1 N–H and O–H groups in total. The zero-order valence-electron chi connectivity index (χ0n) is 13.3. The van der Waals surface area contributed by atoms with Crippen LogP contribution in [0.25, 0.3) is 0 Å². The highest BCUT2D eigenvalue weighted by atomic mass is 16.5. The van der Waals surface area contributed by atoms with Crippen LogP contribution in [0.4, 0.5) is 5.82 Å². The normalized spacial score (nSPS) is 10.4. The molecule has 1 aromatic carbocycles. The number of benzene rings is 1. The van der Waals surface area contributed by atoms with Crippen molar-refractivity contribution in [2.45, 2.75) is 27.3 Å². The summed E-state index contributed by atoms with van der Waals surface area (Å²) in [5, 5.41) is 2.76. The minimum atomic E-state index is -0.448. The molecule has 0 saturated carbocycles. The van der Waals surface area contributed by atoms with Gasteiger partial charge < -0.3 is 14.6 Å². The van der Waals surface area contributed by atoms with Crippen LogP contribution in [0.1, 0.15) is 34.1 Å². The molecule has 1 heterocycles. The molecule has 1 amide bonds. The number of aromatic nitrogens is 1. The zero-order valence-corrected chi connectivity index (χ0v) is 13.3. The lowest BCUT2D eigenvalue weighted by atomic mass is 10.1. The molecule has 0 radical (unpaired) electrons. The molecule has 0 aliphatic carbocycles. The van der Waals surface area contributed by atoms with Gasteiger partial charge in [0.1, 0.15) is 11.4 Å². The molecule has 0 spiro atoms. The Bertz CT molecular complexity index is 702. The van der Waals surface area contributed by atoms with Crippen LogP contribution in [0.5, 0.6) is 0 Å². The van der Waals surface area contributed by atoms with Crippen LogP contribution >= 0.6 is 0 Å². The van der Waals surface area contributed by atoms with Crippen molar-refractivity contribution < 1.29 is 14.3 Å². The fourth-order valence-electron chi connectivity index (χ4n) is 2.48. The van der Waals surface area contributed by atoms with E-state index in [1.54, 1.807) is 0 Å². The number of methoxy groups -OCH3 is 1. The molecule has 0 aliphatic rings. The summed E-state index contributed by atoms with van der Waals surface area (Å²) in [7, 11) is 1.34. The maximum absolute atomic E-state index is 12.1. The highest BCUT2D eigenvalue weighted by molar-refractivity contribution is 6.01. The van der Waals surface area contributed by atoms with Gasteiger partial charge in [-0.05, 0) is 25.0 Å². The van der Waals surface area contributed by atoms with E-state index in [0.717, 1.165) is 16.8 Å². The molecule has 0 aliphatic heterocycles. The van der Waals surface area contributed by atoms with E-state index in [4.69, 9.17) is 4.74 Å². The fraction of sp³-hybridized carbons (Fsp3) is 0.294. The highest BCUT2D eigenvalue weighted by Gasteiger charge is 2.24. The number of ether oxygens (including phenoxy) is 1. The van der Waals surface area contributed by atoms with Gasteiger partial charge in [-0.2, -0.15) is 0 Å². The number of carbonyl (C=O) groups excluding carboxylic acids is 2. The van der Waals surface area contributed by atoms with E-state index in [1.165, 1.54) is 14.0 Å². The quantitative estimate of drug-likeness (QED) is 0.883. The Hall–Kier alpha value is -2.56. The van der Waals surface area contributed by atoms with Gasteiger partial charge in [-0.25, -0.2) is 4.79 Å². The molecule has 2 rings (SSSR count). The molecular weight excluding hydrogens is 280 g/mol. The third-order valence-corrected chi connectivity index (χ3v) is 3.70. The Morgan fingerprint density at radius 2 is 1.82 bits per heavy atom. The van der Waals surface area contributed by atoms with E-state index in [9.17, 15) is 9.59 Å². The van der Waals surface area contributed by atoms with Gasteiger partial charge in [-0.15, -0.1) is 0 Å². The van der Waals surface area contributed by atoms with Gasteiger partial charge in [0.15, 0.2) is 0 Å². The van der Waals surface area contributed by atoms with Crippen LogP contribution in [0, 0.1) is 13.8 Å².